The Balaban J connectivity index is 1.83. The summed E-state index contributed by atoms with van der Waals surface area (Å²) in [7, 11) is 0. The summed E-state index contributed by atoms with van der Waals surface area (Å²) in [5.41, 5.74) is 2.69. The molecule has 21 heavy (non-hydrogen) atoms. The van der Waals surface area contributed by atoms with Gasteiger partial charge in [-0.15, -0.1) is 0 Å². The minimum Gasteiger partial charge on any atom is -0.389 e. The maximum Gasteiger partial charge on any atom is 0.0900 e. The number of hydrogen-bond acceptors (Lipinski definition) is 3. The fourth-order valence-corrected chi connectivity index (χ4v) is 2.55. The lowest BCUT2D eigenvalue weighted by Gasteiger charge is -2.26. The Morgan fingerprint density at radius 2 is 1.95 bits per heavy atom. The van der Waals surface area contributed by atoms with Crippen molar-refractivity contribution in [1.29, 1.82) is 0 Å². The largest absolute Gasteiger partial charge is 0.389 e. The standard InChI is InChI=1S/C18H29NO2/c1-14(2)12-21-13-18(20)11-19(17-8-9-17)10-16-7-5-4-6-15(16)3/h4-7,14,17-18,20H,8-13H2,1-3H3. The van der Waals surface area contributed by atoms with Crippen LogP contribution in [0.15, 0.2) is 24.3 Å². The van der Waals surface area contributed by atoms with Crippen LogP contribution in [0.25, 0.3) is 0 Å². The molecular formula is C18H29NO2. The molecule has 0 heterocycles. The van der Waals surface area contributed by atoms with E-state index in [0.29, 0.717) is 25.1 Å². The maximum atomic E-state index is 10.2. The van der Waals surface area contributed by atoms with Gasteiger partial charge >= 0.3 is 0 Å². The van der Waals surface area contributed by atoms with E-state index in [2.05, 4.69) is 49.9 Å². The molecule has 0 spiro atoms. The highest BCUT2D eigenvalue weighted by Gasteiger charge is 2.30. The molecule has 118 valence electrons. The molecule has 3 nitrogen and oxygen atoms in total. The first-order chi connectivity index (χ1) is 10.1. The van der Waals surface area contributed by atoms with Crippen LogP contribution >= 0.6 is 0 Å². The Morgan fingerprint density at radius 1 is 1.24 bits per heavy atom. The number of hydrogen-bond donors (Lipinski definition) is 1. The quantitative estimate of drug-likeness (QED) is 0.759. The topological polar surface area (TPSA) is 32.7 Å². The molecule has 0 aliphatic heterocycles. The summed E-state index contributed by atoms with van der Waals surface area (Å²) in [5.74, 6) is 0.517. The summed E-state index contributed by atoms with van der Waals surface area (Å²) in [6.45, 7) is 9.20. The van der Waals surface area contributed by atoms with Gasteiger partial charge in [0.15, 0.2) is 0 Å². The van der Waals surface area contributed by atoms with Gasteiger partial charge in [-0.25, -0.2) is 0 Å². The van der Waals surface area contributed by atoms with Crippen LogP contribution in [0, 0.1) is 12.8 Å². The first-order valence-electron chi connectivity index (χ1n) is 8.10. The van der Waals surface area contributed by atoms with Crippen LogP contribution in [-0.2, 0) is 11.3 Å². The van der Waals surface area contributed by atoms with Crippen LogP contribution < -0.4 is 0 Å². The van der Waals surface area contributed by atoms with Gasteiger partial charge in [0.25, 0.3) is 0 Å². The lowest BCUT2D eigenvalue weighted by Crippen LogP contribution is -2.36. The van der Waals surface area contributed by atoms with E-state index < -0.39 is 6.10 Å². The number of rotatable bonds is 9. The highest BCUT2D eigenvalue weighted by atomic mass is 16.5. The predicted molar refractivity (Wildman–Crippen MR) is 86.3 cm³/mol. The molecule has 1 atom stereocenters. The van der Waals surface area contributed by atoms with E-state index in [1.54, 1.807) is 0 Å². The number of benzene rings is 1. The molecule has 1 N–H and O–H groups in total. The zero-order valence-corrected chi connectivity index (χ0v) is 13.6. The second kappa shape index (κ2) is 7.92. The van der Waals surface area contributed by atoms with Gasteiger partial charge in [0, 0.05) is 25.7 Å². The summed E-state index contributed by atoms with van der Waals surface area (Å²) in [6, 6.07) is 9.16. The molecule has 1 unspecified atom stereocenters. The highest BCUT2D eigenvalue weighted by Crippen LogP contribution is 2.29. The van der Waals surface area contributed by atoms with Crippen molar-refractivity contribution in [3.05, 3.63) is 35.4 Å². The van der Waals surface area contributed by atoms with E-state index in [-0.39, 0.29) is 0 Å². The zero-order valence-electron chi connectivity index (χ0n) is 13.6. The van der Waals surface area contributed by atoms with Gasteiger partial charge in [0.2, 0.25) is 0 Å². The molecule has 1 saturated carbocycles. The average Bonchev–Trinajstić information content (AvgIpc) is 3.24. The van der Waals surface area contributed by atoms with Gasteiger partial charge in [-0.3, -0.25) is 4.90 Å². The Hall–Kier alpha value is -0.900. The Labute approximate surface area is 128 Å². The SMILES string of the molecule is Cc1ccccc1CN(CC(O)COCC(C)C)C1CC1. The third-order valence-corrected chi connectivity index (χ3v) is 3.90. The minimum atomic E-state index is -0.395. The Kier molecular flexibility index (Phi) is 6.22. The van der Waals surface area contributed by atoms with Crippen LogP contribution in [0.3, 0.4) is 0 Å². The van der Waals surface area contributed by atoms with Gasteiger partial charge in [-0.2, -0.15) is 0 Å². The molecule has 0 radical (unpaired) electrons. The molecule has 3 heteroatoms. The van der Waals surface area contributed by atoms with Crippen molar-refractivity contribution in [3.8, 4) is 0 Å². The van der Waals surface area contributed by atoms with Gasteiger partial charge < -0.3 is 9.84 Å². The van der Waals surface area contributed by atoms with Crippen molar-refractivity contribution in [1.82, 2.24) is 4.90 Å². The van der Waals surface area contributed by atoms with Gasteiger partial charge in [0.05, 0.1) is 12.7 Å². The summed E-state index contributed by atoms with van der Waals surface area (Å²) >= 11 is 0. The lowest BCUT2D eigenvalue weighted by atomic mass is 10.1. The average molecular weight is 291 g/mol. The molecule has 2 rings (SSSR count). The first kappa shape index (κ1) is 16.5. The molecular weight excluding hydrogens is 262 g/mol. The van der Waals surface area contributed by atoms with Crippen molar-refractivity contribution in [3.63, 3.8) is 0 Å². The van der Waals surface area contributed by atoms with E-state index in [0.717, 1.165) is 13.2 Å². The second-order valence-electron chi connectivity index (χ2n) is 6.67. The van der Waals surface area contributed by atoms with E-state index in [1.165, 1.54) is 24.0 Å². The van der Waals surface area contributed by atoms with Crippen molar-refractivity contribution in [2.75, 3.05) is 19.8 Å². The molecule has 1 aromatic rings. The Bertz CT molecular complexity index is 429. The van der Waals surface area contributed by atoms with E-state index >= 15 is 0 Å². The number of ether oxygens (including phenoxy) is 1. The lowest BCUT2D eigenvalue weighted by molar-refractivity contribution is 0.00545. The number of aliphatic hydroxyl groups is 1. The van der Waals surface area contributed by atoms with E-state index in [1.807, 2.05) is 0 Å². The van der Waals surface area contributed by atoms with E-state index in [9.17, 15) is 5.11 Å². The fraction of sp³-hybridized carbons (Fsp3) is 0.667. The van der Waals surface area contributed by atoms with Crippen molar-refractivity contribution in [2.45, 2.75) is 52.3 Å². The summed E-state index contributed by atoms with van der Waals surface area (Å²) in [5, 5.41) is 10.2. The molecule has 1 aliphatic carbocycles. The molecule has 0 amide bonds. The monoisotopic (exact) mass is 291 g/mol. The van der Waals surface area contributed by atoms with E-state index in [4.69, 9.17) is 4.74 Å². The minimum absolute atomic E-state index is 0.395. The smallest absolute Gasteiger partial charge is 0.0900 e. The van der Waals surface area contributed by atoms with Crippen LogP contribution in [0.1, 0.15) is 37.8 Å². The normalized spacial score (nSPS) is 16.7. The molecule has 0 aromatic heterocycles. The first-order valence-corrected chi connectivity index (χ1v) is 8.10. The fourth-order valence-electron chi connectivity index (χ4n) is 2.55. The second-order valence-corrected chi connectivity index (χ2v) is 6.67. The van der Waals surface area contributed by atoms with Crippen LogP contribution in [0.5, 0.6) is 0 Å². The van der Waals surface area contributed by atoms with Crippen molar-refractivity contribution < 1.29 is 9.84 Å². The summed E-state index contributed by atoms with van der Waals surface area (Å²) in [4.78, 5) is 2.41. The van der Waals surface area contributed by atoms with Gasteiger partial charge in [-0.05, 0) is 36.8 Å². The number of aliphatic hydroxyl groups excluding tert-OH is 1. The third-order valence-electron chi connectivity index (χ3n) is 3.90. The zero-order chi connectivity index (χ0) is 15.2. The molecule has 1 aromatic carbocycles. The third kappa shape index (κ3) is 5.77. The van der Waals surface area contributed by atoms with Crippen LogP contribution in [0.2, 0.25) is 0 Å². The molecule has 0 bridgehead atoms. The number of aryl methyl sites for hydroxylation is 1. The predicted octanol–water partition coefficient (Wildman–Crippen LogP) is 2.99. The molecule has 1 fully saturated rings. The van der Waals surface area contributed by atoms with Crippen LogP contribution in [-0.4, -0.2) is 41.9 Å². The summed E-state index contributed by atoms with van der Waals surface area (Å²) in [6.07, 6.45) is 2.12. The molecule has 0 saturated heterocycles. The van der Waals surface area contributed by atoms with Crippen LogP contribution in [0.4, 0.5) is 0 Å². The Morgan fingerprint density at radius 3 is 2.57 bits per heavy atom. The highest BCUT2D eigenvalue weighted by molar-refractivity contribution is 5.25. The van der Waals surface area contributed by atoms with Gasteiger partial charge in [-0.1, -0.05) is 38.1 Å². The maximum absolute atomic E-state index is 10.2. The van der Waals surface area contributed by atoms with Crippen molar-refractivity contribution in [2.24, 2.45) is 5.92 Å². The van der Waals surface area contributed by atoms with Gasteiger partial charge in [0.1, 0.15) is 0 Å². The molecule has 1 aliphatic rings. The number of nitrogens with zero attached hydrogens (tertiary/aromatic N) is 1. The summed E-state index contributed by atoms with van der Waals surface area (Å²) < 4.78 is 5.56. The van der Waals surface area contributed by atoms with Crippen molar-refractivity contribution >= 4 is 0 Å².